The Morgan fingerprint density at radius 1 is 1.32 bits per heavy atom. The first-order valence-corrected chi connectivity index (χ1v) is 8.04. The van der Waals surface area contributed by atoms with Crippen LogP contribution in [-0.2, 0) is 11.3 Å². The molecule has 0 unspecified atom stereocenters. The Morgan fingerprint density at radius 2 is 2.00 bits per heavy atom. The molecule has 22 heavy (non-hydrogen) atoms. The van der Waals surface area contributed by atoms with Gasteiger partial charge in [-0.1, -0.05) is 32.1 Å². The van der Waals surface area contributed by atoms with Crippen LogP contribution >= 0.6 is 0 Å². The summed E-state index contributed by atoms with van der Waals surface area (Å²) in [6.07, 6.45) is 7.92. The number of aromatic carboxylic acids is 1. The van der Waals surface area contributed by atoms with E-state index in [4.69, 9.17) is 9.52 Å². The van der Waals surface area contributed by atoms with Gasteiger partial charge in [-0.15, -0.1) is 0 Å². The van der Waals surface area contributed by atoms with E-state index in [1.807, 2.05) is 0 Å². The third-order valence-corrected chi connectivity index (χ3v) is 4.51. The van der Waals surface area contributed by atoms with Gasteiger partial charge in [-0.25, -0.2) is 4.79 Å². The molecule has 1 amide bonds. The van der Waals surface area contributed by atoms with Crippen molar-refractivity contribution in [1.82, 2.24) is 4.90 Å². The number of amides is 1. The number of hydrogen-bond donors (Lipinski definition) is 1. The van der Waals surface area contributed by atoms with Crippen molar-refractivity contribution in [1.29, 1.82) is 0 Å². The van der Waals surface area contributed by atoms with Gasteiger partial charge in [0, 0.05) is 13.5 Å². The predicted molar refractivity (Wildman–Crippen MR) is 82.7 cm³/mol. The van der Waals surface area contributed by atoms with E-state index in [-0.39, 0.29) is 11.5 Å². The van der Waals surface area contributed by atoms with Crippen LogP contribution in [0.1, 0.15) is 66.8 Å². The van der Waals surface area contributed by atoms with Crippen LogP contribution in [0.25, 0.3) is 0 Å². The summed E-state index contributed by atoms with van der Waals surface area (Å²) in [6, 6.07) is 1.50. The first-order valence-electron chi connectivity index (χ1n) is 8.04. The van der Waals surface area contributed by atoms with Gasteiger partial charge < -0.3 is 14.4 Å². The summed E-state index contributed by atoms with van der Waals surface area (Å²) in [4.78, 5) is 24.8. The van der Waals surface area contributed by atoms with Gasteiger partial charge in [0.25, 0.3) is 0 Å². The summed E-state index contributed by atoms with van der Waals surface area (Å²) < 4.78 is 5.42. The molecule has 0 spiro atoms. The van der Waals surface area contributed by atoms with E-state index in [0.29, 0.717) is 30.4 Å². The highest BCUT2D eigenvalue weighted by molar-refractivity contribution is 5.88. The van der Waals surface area contributed by atoms with Crippen molar-refractivity contribution < 1.29 is 19.1 Å². The standard InChI is InChI=1S/C17H25NO4/c1-12-15(17(20)21)10-14(22-12)11-18(2)16(19)9-8-13-6-4-3-5-7-13/h10,13H,3-9,11H2,1-2H3,(H,20,21). The van der Waals surface area contributed by atoms with Gasteiger partial charge in [-0.3, -0.25) is 4.79 Å². The molecule has 1 aromatic rings. The molecule has 1 N–H and O–H groups in total. The highest BCUT2D eigenvalue weighted by Gasteiger charge is 2.19. The molecule has 5 heteroatoms. The molecule has 0 saturated heterocycles. The molecule has 1 aromatic heterocycles. The molecule has 1 saturated carbocycles. The van der Waals surface area contributed by atoms with Crippen molar-refractivity contribution in [2.24, 2.45) is 5.92 Å². The van der Waals surface area contributed by atoms with Gasteiger partial charge in [-0.05, 0) is 25.3 Å². The van der Waals surface area contributed by atoms with Crippen LogP contribution in [0.4, 0.5) is 0 Å². The molecule has 1 aliphatic carbocycles. The molecule has 1 aliphatic rings. The summed E-state index contributed by atoms with van der Waals surface area (Å²) in [5.74, 6) is 0.680. The largest absolute Gasteiger partial charge is 0.478 e. The second-order valence-corrected chi connectivity index (χ2v) is 6.28. The number of furan rings is 1. The molecule has 0 aliphatic heterocycles. The second-order valence-electron chi connectivity index (χ2n) is 6.28. The van der Waals surface area contributed by atoms with Gasteiger partial charge >= 0.3 is 5.97 Å². The van der Waals surface area contributed by atoms with Crippen LogP contribution in [-0.4, -0.2) is 28.9 Å². The van der Waals surface area contributed by atoms with E-state index < -0.39 is 5.97 Å². The number of hydrogen-bond acceptors (Lipinski definition) is 3. The van der Waals surface area contributed by atoms with Crippen molar-refractivity contribution in [3.8, 4) is 0 Å². The highest BCUT2D eigenvalue weighted by Crippen LogP contribution is 2.27. The molecule has 1 fully saturated rings. The Kier molecular flexibility index (Phi) is 5.63. The fourth-order valence-electron chi connectivity index (χ4n) is 3.15. The number of carboxylic acids is 1. The number of carbonyl (C=O) groups is 2. The van der Waals surface area contributed by atoms with Crippen LogP contribution in [0.5, 0.6) is 0 Å². The van der Waals surface area contributed by atoms with E-state index >= 15 is 0 Å². The number of carbonyl (C=O) groups excluding carboxylic acids is 1. The van der Waals surface area contributed by atoms with E-state index in [0.717, 1.165) is 6.42 Å². The van der Waals surface area contributed by atoms with Crippen molar-refractivity contribution in [3.63, 3.8) is 0 Å². The minimum Gasteiger partial charge on any atom is -0.478 e. The number of nitrogens with zero attached hydrogens (tertiary/aromatic N) is 1. The number of rotatable bonds is 6. The average molecular weight is 307 g/mol. The summed E-state index contributed by atoms with van der Waals surface area (Å²) >= 11 is 0. The van der Waals surface area contributed by atoms with Crippen LogP contribution in [0, 0.1) is 12.8 Å². The smallest absolute Gasteiger partial charge is 0.339 e. The van der Waals surface area contributed by atoms with Crippen LogP contribution in [0.15, 0.2) is 10.5 Å². The average Bonchev–Trinajstić information content (AvgIpc) is 2.86. The monoisotopic (exact) mass is 307 g/mol. The Labute approximate surface area is 131 Å². The Balaban J connectivity index is 1.82. The lowest BCUT2D eigenvalue weighted by Gasteiger charge is -2.22. The van der Waals surface area contributed by atoms with Gasteiger partial charge in [-0.2, -0.15) is 0 Å². The number of aryl methyl sites for hydroxylation is 1. The van der Waals surface area contributed by atoms with Crippen LogP contribution in [0.2, 0.25) is 0 Å². The molecule has 122 valence electrons. The van der Waals surface area contributed by atoms with E-state index in [1.165, 1.54) is 38.2 Å². The first-order chi connectivity index (χ1) is 10.5. The number of carboxylic acid groups (broad SMARTS) is 1. The van der Waals surface area contributed by atoms with Crippen LogP contribution < -0.4 is 0 Å². The van der Waals surface area contributed by atoms with E-state index in [9.17, 15) is 9.59 Å². The Morgan fingerprint density at radius 3 is 2.59 bits per heavy atom. The maximum atomic E-state index is 12.2. The topological polar surface area (TPSA) is 70.8 Å². The highest BCUT2D eigenvalue weighted by atomic mass is 16.4. The van der Waals surface area contributed by atoms with Crippen molar-refractivity contribution in [3.05, 3.63) is 23.2 Å². The zero-order valence-corrected chi connectivity index (χ0v) is 13.4. The molecule has 0 radical (unpaired) electrons. The van der Waals surface area contributed by atoms with Gasteiger partial charge in [0.05, 0.1) is 6.54 Å². The summed E-state index contributed by atoms with van der Waals surface area (Å²) in [5.41, 5.74) is 0.165. The minimum atomic E-state index is -1.00. The summed E-state index contributed by atoms with van der Waals surface area (Å²) in [6.45, 7) is 1.94. The van der Waals surface area contributed by atoms with Crippen molar-refractivity contribution in [2.75, 3.05) is 7.05 Å². The third-order valence-electron chi connectivity index (χ3n) is 4.51. The third kappa shape index (κ3) is 4.36. The quantitative estimate of drug-likeness (QED) is 0.871. The first kappa shape index (κ1) is 16.6. The molecule has 2 rings (SSSR count). The van der Waals surface area contributed by atoms with Crippen molar-refractivity contribution >= 4 is 11.9 Å². The fourth-order valence-corrected chi connectivity index (χ4v) is 3.15. The zero-order valence-electron chi connectivity index (χ0n) is 13.4. The molecule has 0 bridgehead atoms. The molecule has 0 atom stereocenters. The second kappa shape index (κ2) is 7.47. The van der Waals surface area contributed by atoms with Gasteiger partial charge in [0.1, 0.15) is 17.1 Å². The lowest BCUT2D eigenvalue weighted by molar-refractivity contribution is -0.131. The maximum absolute atomic E-state index is 12.2. The predicted octanol–water partition coefficient (Wildman–Crippen LogP) is 3.61. The molecule has 0 aromatic carbocycles. The molecular weight excluding hydrogens is 282 g/mol. The lowest BCUT2D eigenvalue weighted by Crippen LogP contribution is -2.26. The Bertz CT molecular complexity index is 529. The normalized spacial score (nSPS) is 15.7. The van der Waals surface area contributed by atoms with E-state index in [1.54, 1.807) is 18.9 Å². The van der Waals surface area contributed by atoms with Crippen molar-refractivity contribution in [2.45, 2.75) is 58.4 Å². The fraction of sp³-hybridized carbons (Fsp3) is 0.647. The summed E-state index contributed by atoms with van der Waals surface area (Å²) in [7, 11) is 1.74. The molecule has 1 heterocycles. The van der Waals surface area contributed by atoms with Gasteiger partial charge in [0.2, 0.25) is 5.91 Å². The molecular formula is C17H25NO4. The summed E-state index contributed by atoms with van der Waals surface area (Å²) in [5, 5.41) is 9.01. The maximum Gasteiger partial charge on any atom is 0.339 e. The van der Waals surface area contributed by atoms with Gasteiger partial charge in [0.15, 0.2) is 0 Å². The Hall–Kier alpha value is -1.78. The SMILES string of the molecule is Cc1oc(CN(C)C(=O)CCC2CCCCC2)cc1C(=O)O. The van der Waals surface area contributed by atoms with Crippen LogP contribution in [0.3, 0.4) is 0 Å². The van der Waals surface area contributed by atoms with E-state index in [2.05, 4.69) is 0 Å². The lowest BCUT2D eigenvalue weighted by atomic mass is 9.86. The minimum absolute atomic E-state index is 0.0940. The molecule has 5 nitrogen and oxygen atoms in total. The zero-order chi connectivity index (χ0) is 16.1.